The van der Waals surface area contributed by atoms with Crippen LogP contribution in [0.4, 0.5) is 5.82 Å². The van der Waals surface area contributed by atoms with Crippen molar-refractivity contribution in [1.29, 1.82) is 0 Å². The van der Waals surface area contributed by atoms with Gasteiger partial charge in [0.25, 0.3) is 5.91 Å². The van der Waals surface area contributed by atoms with Crippen molar-refractivity contribution in [1.82, 2.24) is 19.7 Å². The Morgan fingerprint density at radius 2 is 1.87 bits per heavy atom. The first kappa shape index (κ1) is 21.2. The number of benzene rings is 1. The number of hydrogen-bond acceptors (Lipinski definition) is 4. The zero-order valence-electron chi connectivity index (χ0n) is 17.5. The van der Waals surface area contributed by atoms with Gasteiger partial charge in [-0.25, -0.2) is 9.67 Å². The number of aryl methyl sites for hydroxylation is 1. The molecule has 160 valence electrons. The van der Waals surface area contributed by atoms with Crippen LogP contribution in [0.2, 0.25) is 0 Å². The molecule has 1 atom stereocenters. The molecule has 0 aliphatic carbocycles. The van der Waals surface area contributed by atoms with Gasteiger partial charge >= 0.3 is 0 Å². The number of amides is 2. The molecule has 0 saturated carbocycles. The number of nitrogens with one attached hydrogen (secondary N) is 1. The van der Waals surface area contributed by atoms with Crippen LogP contribution >= 0.6 is 15.9 Å². The lowest BCUT2D eigenvalue weighted by molar-refractivity contribution is -0.121. The molecule has 1 aliphatic heterocycles. The van der Waals surface area contributed by atoms with Crippen LogP contribution in [0.1, 0.15) is 34.5 Å². The van der Waals surface area contributed by atoms with Crippen LogP contribution in [-0.2, 0) is 4.79 Å². The third kappa shape index (κ3) is 4.69. The van der Waals surface area contributed by atoms with Gasteiger partial charge in [0.2, 0.25) is 5.91 Å². The Hall–Kier alpha value is -3.00. The summed E-state index contributed by atoms with van der Waals surface area (Å²) in [5.41, 5.74) is 3.26. The van der Waals surface area contributed by atoms with Crippen LogP contribution in [-0.4, -0.2) is 44.6 Å². The van der Waals surface area contributed by atoms with E-state index in [4.69, 9.17) is 0 Å². The summed E-state index contributed by atoms with van der Waals surface area (Å²) >= 11 is 3.43. The number of carbonyl (C=O) groups is 2. The van der Waals surface area contributed by atoms with Crippen LogP contribution in [0.15, 0.2) is 53.3 Å². The van der Waals surface area contributed by atoms with Gasteiger partial charge in [-0.05, 0) is 62.6 Å². The van der Waals surface area contributed by atoms with E-state index in [0.717, 1.165) is 34.3 Å². The summed E-state index contributed by atoms with van der Waals surface area (Å²) in [5.74, 6) is 0.0799. The molecule has 1 saturated heterocycles. The fourth-order valence-corrected chi connectivity index (χ4v) is 4.04. The smallest absolute Gasteiger partial charge is 0.257 e. The van der Waals surface area contributed by atoms with Crippen molar-refractivity contribution in [3.05, 3.63) is 70.1 Å². The van der Waals surface area contributed by atoms with Gasteiger partial charge in [0.15, 0.2) is 0 Å². The highest BCUT2D eigenvalue weighted by atomic mass is 79.9. The minimum absolute atomic E-state index is 0.0909. The molecule has 0 bridgehead atoms. The standard InChI is InChI=1S/C23H24BrN5O2/c1-15-5-10-21(25-12-15)27-22(30)17-4-3-11-28(14-17)23(31)20-13-26-29(16(20)2)19-8-6-18(24)7-9-19/h5-10,12-13,17H,3-4,11,14H2,1-2H3,(H,25,27,30). The second-order valence-corrected chi connectivity index (χ2v) is 8.75. The maximum atomic E-state index is 13.2. The van der Waals surface area contributed by atoms with Crippen molar-refractivity contribution in [2.45, 2.75) is 26.7 Å². The molecular weight excluding hydrogens is 458 g/mol. The van der Waals surface area contributed by atoms with Crippen LogP contribution < -0.4 is 5.32 Å². The lowest BCUT2D eigenvalue weighted by Crippen LogP contribution is -2.44. The molecule has 1 N–H and O–H groups in total. The van der Waals surface area contributed by atoms with Crippen molar-refractivity contribution in [2.75, 3.05) is 18.4 Å². The van der Waals surface area contributed by atoms with E-state index >= 15 is 0 Å². The van der Waals surface area contributed by atoms with E-state index < -0.39 is 0 Å². The predicted octanol–water partition coefficient (Wildman–Crippen LogP) is 4.14. The molecule has 8 heteroatoms. The SMILES string of the molecule is Cc1ccc(NC(=O)C2CCCN(C(=O)c3cnn(-c4ccc(Br)cc4)c3C)C2)nc1. The third-order valence-corrected chi connectivity index (χ3v) is 6.08. The Kier molecular flexibility index (Phi) is 6.18. The molecule has 1 unspecified atom stereocenters. The largest absolute Gasteiger partial charge is 0.338 e. The lowest BCUT2D eigenvalue weighted by atomic mass is 9.96. The summed E-state index contributed by atoms with van der Waals surface area (Å²) in [6, 6.07) is 11.5. The molecule has 3 aromatic rings. The molecule has 4 rings (SSSR count). The molecule has 2 amide bonds. The average molecular weight is 482 g/mol. The Morgan fingerprint density at radius 3 is 2.58 bits per heavy atom. The second kappa shape index (κ2) is 9.01. The zero-order chi connectivity index (χ0) is 22.0. The number of anilines is 1. The number of halogens is 1. The van der Waals surface area contributed by atoms with E-state index in [-0.39, 0.29) is 17.7 Å². The number of likely N-dealkylation sites (tertiary alicyclic amines) is 1. The van der Waals surface area contributed by atoms with Gasteiger partial charge in [-0.1, -0.05) is 22.0 Å². The number of rotatable bonds is 4. The summed E-state index contributed by atoms with van der Waals surface area (Å²) in [6.45, 7) is 4.86. The van der Waals surface area contributed by atoms with Crippen molar-refractivity contribution < 1.29 is 9.59 Å². The molecule has 2 aromatic heterocycles. The molecule has 0 radical (unpaired) electrons. The fourth-order valence-electron chi connectivity index (χ4n) is 3.78. The maximum absolute atomic E-state index is 13.2. The van der Waals surface area contributed by atoms with Gasteiger partial charge in [-0.15, -0.1) is 0 Å². The molecule has 7 nitrogen and oxygen atoms in total. The maximum Gasteiger partial charge on any atom is 0.257 e. The fraction of sp³-hybridized carbons (Fsp3) is 0.304. The Bertz CT molecular complexity index is 1090. The summed E-state index contributed by atoms with van der Waals surface area (Å²) < 4.78 is 2.74. The van der Waals surface area contributed by atoms with Crippen LogP contribution in [0, 0.1) is 19.8 Å². The van der Waals surface area contributed by atoms with Gasteiger partial charge in [0, 0.05) is 23.8 Å². The first-order valence-corrected chi connectivity index (χ1v) is 11.0. The third-order valence-electron chi connectivity index (χ3n) is 5.55. The van der Waals surface area contributed by atoms with E-state index in [1.54, 1.807) is 28.0 Å². The lowest BCUT2D eigenvalue weighted by Gasteiger charge is -2.32. The molecule has 1 fully saturated rings. The molecule has 1 aromatic carbocycles. The van der Waals surface area contributed by atoms with Gasteiger partial charge in [-0.3, -0.25) is 9.59 Å². The highest BCUT2D eigenvalue weighted by Gasteiger charge is 2.30. The number of piperidine rings is 1. The van der Waals surface area contributed by atoms with Gasteiger partial charge < -0.3 is 10.2 Å². The van der Waals surface area contributed by atoms with Crippen LogP contribution in [0.3, 0.4) is 0 Å². The monoisotopic (exact) mass is 481 g/mol. The van der Waals surface area contributed by atoms with E-state index in [1.165, 1.54) is 0 Å². The summed E-state index contributed by atoms with van der Waals surface area (Å²) in [7, 11) is 0. The van der Waals surface area contributed by atoms with E-state index in [0.29, 0.717) is 24.5 Å². The molecular formula is C23H24BrN5O2. The highest BCUT2D eigenvalue weighted by molar-refractivity contribution is 9.10. The molecule has 31 heavy (non-hydrogen) atoms. The first-order chi connectivity index (χ1) is 14.9. The summed E-state index contributed by atoms with van der Waals surface area (Å²) in [4.78, 5) is 31.9. The predicted molar refractivity (Wildman–Crippen MR) is 122 cm³/mol. The number of aromatic nitrogens is 3. The van der Waals surface area contributed by atoms with Gasteiger partial charge in [0.1, 0.15) is 5.82 Å². The average Bonchev–Trinajstić information content (AvgIpc) is 3.16. The van der Waals surface area contributed by atoms with Crippen molar-refractivity contribution >= 4 is 33.6 Å². The van der Waals surface area contributed by atoms with E-state index in [1.807, 2.05) is 44.2 Å². The first-order valence-electron chi connectivity index (χ1n) is 10.3. The summed E-state index contributed by atoms with van der Waals surface area (Å²) in [5, 5.41) is 7.29. The summed E-state index contributed by atoms with van der Waals surface area (Å²) in [6.07, 6.45) is 4.86. The number of nitrogens with zero attached hydrogens (tertiary/aromatic N) is 4. The van der Waals surface area contributed by atoms with Crippen LogP contribution in [0.5, 0.6) is 0 Å². The molecule has 0 spiro atoms. The van der Waals surface area contributed by atoms with Gasteiger partial charge in [0.05, 0.1) is 29.1 Å². The highest BCUT2D eigenvalue weighted by Crippen LogP contribution is 2.23. The minimum atomic E-state index is -0.261. The number of pyridine rings is 1. The quantitative estimate of drug-likeness (QED) is 0.607. The Morgan fingerprint density at radius 1 is 1.10 bits per heavy atom. The number of hydrogen-bond donors (Lipinski definition) is 1. The second-order valence-electron chi connectivity index (χ2n) is 7.83. The van der Waals surface area contributed by atoms with Crippen molar-refractivity contribution in [3.63, 3.8) is 0 Å². The minimum Gasteiger partial charge on any atom is -0.338 e. The molecule has 3 heterocycles. The van der Waals surface area contributed by atoms with Crippen LogP contribution in [0.25, 0.3) is 5.69 Å². The van der Waals surface area contributed by atoms with Crippen molar-refractivity contribution in [3.8, 4) is 5.69 Å². The van der Waals surface area contributed by atoms with Gasteiger partial charge in [-0.2, -0.15) is 5.10 Å². The van der Waals surface area contributed by atoms with Crippen molar-refractivity contribution in [2.24, 2.45) is 5.92 Å². The Labute approximate surface area is 189 Å². The van der Waals surface area contributed by atoms with E-state index in [9.17, 15) is 9.59 Å². The number of carbonyl (C=O) groups excluding carboxylic acids is 2. The topological polar surface area (TPSA) is 80.1 Å². The normalized spacial score (nSPS) is 16.2. The van der Waals surface area contributed by atoms with E-state index in [2.05, 4.69) is 31.3 Å². The molecule has 1 aliphatic rings. The zero-order valence-corrected chi connectivity index (χ0v) is 19.1. The Balaban J connectivity index is 1.46.